The molecule has 2 aromatic carbocycles. The number of aromatic nitrogens is 2. The molecule has 0 bridgehead atoms. The van der Waals surface area contributed by atoms with Crippen molar-refractivity contribution in [1.29, 1.82) is 0 Å². The molecule has 0 aliphatic carbocycles. The molecule has 0 saturated heterocycles. The molecular formula is C21H25N5. The summed E-state index contributed by atoms with van der Waals surface area (Å²) in [5.74, 6) is 5.98. The SMILES string of the molecule is Cc1cccc(C(c2cccc(/C(=C/N)N(C)N)c2)c2cnc[nH]2)c1C. The first kappa shape index (κ1) is 17.8. The Labute approximate surface area is 154 Å². The van der Waals surface area contributed by atoms with Gasteiger partial charge in [0, 0.05) is 30.7 Å². The molecule has 0 aliphatic heterocycles. The predicted octanol–water partition coefficient (Wildman–Crippen LogP) is 3.27. The summed E-state index contributed by atoms with van der Waals surface area (Å²) in [5.41, 5.74) is 13.5. The van der Waals surface area contributed by atoms with E-state index in [0.717, 1.165) is 22.5 Å². The number of aromatic amines is 1. The van der Waals surface area contributed by atoms with Crippen molar-refractivity contribution in [2.75, 3.05) is 7.05 Å². The van der Waals surface area contributed by atoms with E-state index >= 15 is 0 Å². The van der Waals surface area contributed by atoms with Gasteiger partial charge in [0.25, 0.3) is 0 Å². The standard InChI is InChI=1S/C21H25N5/c1-14-6-4-9-18(15(14)2)21(19-12-24-13-25-19)17-8-5-7-16(10-17)20(11-22)26(3)23/h4-13,21H,22-23H2,1-3H3,(H,24,25)/b20-11-. The topological polar surface area (TPSA) is 84.0 Å². The molecular weight excluding hydrogens is 322 g/mol. The molecule has 5 nitrogen and oxygen atoms in total. The second kappa shape index (κ2) is 7.45. The van der Waals surface area contributed by atoms with E-state index in [4.69, 9.17) is 11.6 Å². The van der Waals surface area contributed by atoms with E-state index in [1.54, 1.807) is 13.4 Å². The van der Waals surface area contributed by atoms with Crippen LogP contribution in [0.3, 0.4) is 0 Å². The molecule has 26 heavy (non-hydrogen) atoms. The summed E-state index contributed by atoms with van der Waals surface area (Å²) in [6.07, 6.45) is 5.13. The summed E-state index contributed by atoms with van der Waals surface area (Å²) < 4.78 is 0. The lowest BCUT2D eigenvalue weighted by molar-refractivity contribution is 0.510. The Balaban J connectivity index is 2.17. The maximum Gasteiger partial charge on any atom is 0.0922 e. The molecule has 0 saturated carbocycles. The lowest BCUT2D eigenvalue weighted by atomic mass is 9.84. The fourth-order valence-electron chi connectivity index (χ4n) is 3.33. The molecule has 5 heteroatoms. The number of hydrogen-bond acceptors (Lipinski definition) is 4. The van der Waals surface area contributed by atoms with Crippen LogP contribution in [0, 0.1) is 13.8 Å². The van der Waals surface area contributed by atoms with Gasteiger partial charge in [0.1, 0.15) is 0 Å². The molecule has 5 N–H and O–H groups in total. The number of benzene rings is 2. The highest BCUT2D eigenvalue weighted by Crippen LogP contribution is 2.34. The third-order valence-corrected chi connectivity index (χ3v) is 4.84. The van der Waals surface area contributed by atoms with Crippen LogP contribution in [0.25, 0.3) is 5.70 Å². The van der Waals surface area contributed by atoms with Gasteiger partial charge < -0.3 is 15.7 Å². The molecule has 1 atom stereocenters. The minimum atomic E-state index is 0.0551. The van der Waals surface area contributed by atoms with Crippen LogP contribution in [0.2, 0.25) is 0 Å². The first-order valence-electron chi connectivity index (χ1n) is 8.58. The summed E-state index contributed by atoms with van der Waals surface area (Å²) in [6.45, 7) is 4.30. The Morgan fingerprint density at radius 2 is 1.96 bits per heavy atom. The molecule has 1 unspecified atom stereocenters. The van der Waals surface area contributed by atoms with Crippen molar-refractivity contribution >= 4 is 5.70 Å². The number of nitrogens with one attached hydrogen (secondary N) is 1. The van der Waals surface area contributed by atoms with E-state index < -0.39 is 0 Å². The van der Waals surface area contributed by atoms with Crippen LogP contribution in [0.15, 0.2) is 61.2 Å². The first-order valence-corrected chi connectivity index (χ1v) is 8.58. The Hall–Kier alpha value is -3.05. The molecule has 134 valence electrons. The maximum absolute atomic E-state index is 5.92. The van der Waals surface area contributed by atoms with Crippen LogP contribution in [-0.2, 0) is 0 Å². The summed E-state index contributed by atoms with van der Waals surface area (Å²) in [6, 6.07) is 14.7. The maximum atomic E-state index is 5.92. The highest BCUT2D eigenvalue weighted by molar-refractivity contribution is 5.64. The van der Waals surface area contributed by atoms with Crippen LogP contribution >= 0.6 is 0 Å². The largest absolute Gasteiger partial charge is 0.403 e. The van der Waals surface area contributed by atoms with Crippen molar-refractivity contribution in [2.24, 2.45) is 11.6 Å². The van der Waals surface area contributed by atoms with Gasteiger partial charge in [-0.1, -0.05) is 36.4 Å². The number of H-pyrrole nitrogens is 1. The molecule has 1 heterocycles. The zero-order valence-corrected chi connectivity index (χ0v) is 15.4. The number of nitrogens with zero attached hydrogens (tertiary/aromatic N) is 2. The smallest absolute Gasteiger partial charge is 0.0922 e. The highest BCUT2D eigenvalue weighted by Gasteiger charge is 2.21. The summed E-state index contributed by atoms with van der Waals surface area (Å²) in [7, 11) is 1.78. The third-order valence-electron chi connectivity index (χ3n) is 4.84. The minimum Gasteiger partial charge on any atom is -0.403 e. The second-order valence-corrected chi connectivity index (χ2v) is 6.52. The van der Waals surface area contributed by atoms with Gasteiger partial charge >= 0.3 is 0 Å². The van der Waals surface area contributed by atoms with Crippen LogP contribution < -0.4 is 11.6 Å². The number of nitrogens with two attached hydrogens (primary N) is 2. The second-order valence-electron chi connectivity index (χ2n) is 6.52. The van der Waals surface area contributed by atoms with E-state index in [-0.39, 0.29) is 5.92 Å². The zero-order chi connectivity index (χ0) is 18.7. The first-order chi connectivity index (χ1) is 12.5. The van der Waals surface area contributed by atoms with E-state index in [0.29, 0.717) is 0 Å². The van der Waals surface area contributed by atoms with E-state index in [9.17, 15) is 0 Å². The molecule has 1 aromatic heterocycles. The van der Waals surface area contributed by atoms with Crippen molar-refractivity contribution < 1.29 is 0 Å². The highest BCUT2D eigenvalue weighted by atomic mass is 15.4. The predicted molar refractivity (Wildman–Crippen MR) is 106 cm³/mol. The van der Waals surface area contributed by atoms with Gasteiger partial charge in [0.2, 0.25) is 0 Å². The summed E-state index contributed by atoms with van der Waals surface area (Å²) in [4.78, 5) is 7.51. The number of aryl methyl sites for hydroxylation is 1. The Morgan fingerprint density at radius 3 is 2.62 bits per heavy atom. The van der Waals surface area contributed by atoms with Crippen LogP contribution in [0.1, 0.15) is 39.4 Å². The van der Waals surface area contributed by atoms with Crippen molar-refractivity contribution in [2.45, 2.75) is 19.8 Å². The van der Waals surface area contributed by atoms with Crippen LogP contribution in [0.4, 0.5) is 0 Å². The van der Waals surface area contributed by atoms with E-state index in [1.165, 1.54) is 27.9 Å². The van der Waals surface area contributed by atoms with Crippen molar-refractivity contribution in [3.63, 3.8) is 0 Å². The van der Waals surface area contributed by atoms with Crippen molar-refractivity contribution in [3.05, 3.63) is 94.7 Å². The number of hydrazine groups is 1. The van der Waals surface area contributed by atoms with Crippen molar-refractivity contribution in [1.82, 2.24) is 15.0 Å². The number of imidazole rings is 1. The lowest BCUT2D eigenvalue weighted by Gasteiger charge is -2.22. The summed E-state index contributed by atoms with van der Waals surface area (Å²) >= 11 is 0. The fourth-order valence-corrected chi connectivity index (χ4v) is 3.33. The summed E-state index contributed by atoms with van der Waals surface area (Å²) in [5, 5.41) is 1.53. The molecule has 0 aliphatic rings. The number of hydrogen-bond donors (Lipinski definition) is 3. The van der Waals surface area contributed by atoms with Gasteiger partial charge in [-0.15, -0.1) is 0 Å². The van der Waals surface area contributed by atoms with E-state index in [1.807, 2.05) is 18.3 Å². The van der Waals surface area contributed by atoms with Crippen molar-refractivity contribution in [3.8, 4) is 0 Å². The Bertz CT molecular complexity index is 910. The average Bonchev–Trinajstić information content (AvgIpc) is 3.14. The van der Waals surface area contributed by atoms with Gasteiger partial charge in [0.05, 0.1) is 17.9 Å². The third kappa shape index (κ3) is 3.34. The monoisotopic (exact) mass is 347 g/mol. The van der Waals surface area contributed by atoms with Crippen LogP contribution in [-0.4, -0.2) is 22.0 Å². The lowest BCUT2D eigenvalue weighted by Crippen LogP contribution is -2.25. The normalized spacial score (nSPS) is 12.8. The molecule has 0 amide bonds. The minimum absolute atomic E-state index is 0.0551. The van der Waals surface area contributed by atoms with Gasteiger partial charge in [-0.05, 0) is 42.2 Å². The Kier molecular flexibility index (Phi) is 5.09. The molecule has 0 spiro atoms. The van der Waals surface area contributed by atoms with Crippen LogP contribution in [0.5, 0.6) is 0 Å². The van der Waals surface area contributed by atoms with E-state index in [2.05, 4.69) is 54.1 Å². The van der Waals surface area contributed by atoms with Gasteiger partial charge in [0.15, 0.2) is 0 Å². The average molecular weight is 347 g/mol. The quantitative estimate of drug-likeness (QED) is 0.488. The fraction of sp³-hybridized carbons (Fsp3) is 0.190. The van der Waals surface area contributed by atoms with Gasteiger partial charge in [-0.3, -0.25) is 0 Å². The molecule has 0 radical (unpaired) electrons. The molecule has 3 aromatic rings. The van der Waals surface area contributed by atoms with Gasteiger partial charge in [-0.25, -0.2) is 10.8 Å². The molecule has 0 fully saturated rings. The number of rotatable bonds is 5. The Morgan fingerprint density at radius 1 is 1.19 bits per heavy atom. The van der Waals surface area contributed by atoms with Gasteiger partial charge in [-0.2, -0.15) is 0 Å². The molecule has 3 rings (SSSR count). The zero-order valence-electron chi connectivity index (χ0n) is 15.4.